The lowest BCUT2D eigenvalue weighted by atomic mass is 10.1. The van der Waals surface area contributed by atoms with E-state index in [0.29, 0.717) is 21.6 Å². The number of rotatable bonds is 3. The Bertz CT molecular complexity index is 986. The maximum absolute atomic E-state index is 12.0. The first-order valence-corrected chi connectivity index (χ1v) is 6.92. The molecule has 2 aromatic rings. The Labute approximate surface area is 135 Å². The van der Waals surface area contributed by atoms with Crippen molar-refractivity contribution in [2.45, 2.75) is 0 Å². The molecule has 1 aromatic carbocycles. The fraction of sp³-hybridized carbons (Fsp3) is 0.200. The number of fused-ring (bicyclic) bond motifs is 1. The van der Waals surface area contributed by atoms with Crippen LogP contribution in [0.4, 0.5) is 5.69 Å². The number of ether oxygens (including phenoxy) is 2. The Morgan fingerprint density at radius 2 is 1.83 bits per heavy atom. The molecule has 0 unspecified atom stereocenters. The van der Waals surface area contributed by atoms with Crippen molar-refractivity contribution in [2.24, 2.45) is 14.1 Å². The molecule has 0 saturated carbocycles. The molecule has 0 N–H and O–H groups in total. The average Bonchev–Trinajstić information content (AvgIpc) is 3.02. The molecule has 9 nitrogen and oxygen atoms in total. The highest BCUT2D eigenvalue weighted by molar-refractivity contribution is 5.73. The summed E-state index contributed by atoms with van der Waals surface area (Å²) in [6, 6.07) is 5.14. The molecule has 0 saturated heterocycles. The van der Waals surface area contributed by atoms with Crippen LogP contribution in [0.1, 0.15) is 11.3 Å². The largest absolute Gasteiger partial charge is 0.454 e. The summed E-state index contributed by atoms with van der Waals surface area (Å²) in [5, 5.41) is 11.2. The second-order valence-corrected chi connectivity index (χ2v) is 5.14. The van der Waals surface area contributed by atoms with Gasteiger partial charge in [-0.2, -0.15) is 0 Å². The topological polar surface area (TPSA) is 106 Å². The van der Waals surface area contributed by atoms with Crippen LogP contribution in [0.3, 0.4) is 0 Å². The molecule has 0 amide bonds. The van der Waals surface area contributed by atoms with Gasteiger partial charge in [0.2, 0.25) is 6.79 Å². The van der Waals surface area contributed by atoms with Gasteiger partial charge in [0, 0.05) is 14.1 Å². The van der Waals surface area contributed by atoms with Crippen LogP contribution in [-0.2, 0) is 14.1 Å². The second kappa shape index (κ2) is 5.69. The summed E-state index contributed by atoms with van der Waals surface area (Å²) >= 11 is 0. The molecule has 1 aliphatic rings. The maximum Gasteiger partial charge on any atom is 0.357 e. The monoisotopic (exact) mass is 331 g/mol. The molecule has 124 valence electrons. The van der Waals surface area contributed by atoms with Crippen molar-refractivity contribution in [1.29, 1.82) is 0 Å². The summed E-state index contributed by atoms with van der Waals surface area (Å²) in [5.41, 5.74) is -1.64. The first-order chi connectivity index (χ1) is 11.4. The van der Waals surface area contributed by atoms with Crippen molar-refractivity contribution in [2.75, 3.05) is 6.79 Å². The Kier molecular flexibility index (Phi) is 3.68. The molecule has 0 spiro atoms. The van der Waals surface area contributed by atoms with Crippen LogP contribution in [0.2, 0.25) is 0 Å². The van der Waals surface area contributed by atoms with E-state index in [0.717, 1.165) is 4.57 Å². The van der Waals surface area contributed by atoms with Gasteiger partial charge < -0.3 is 9.47 Å². The minimum absolute atomic E-state index is 0.0780. The van der Waals surface area contributed by atoms with Gasteiger partial charge in [-0.3, -0.25) is 24.0 Å². The highest BCUT2D eigenvalue weighted by atomic mass is 16.7. The molecule has 24 heavy (non-hydrogen) atoms. The molecular weight excluding hydrogens is 318 g/mol. The van der Waals surface area contributed by atoms with Gasteiger partial charge in [-0.25, -0.2) is 4.79 Å². The number of aromatic nitrogens is 2. The van der Waals surface area contributed by atoms with E-state index >= 15 is 0 Å². The minimum atomic E-state index is -0.951. The van der Waals surface area contributed by atoms with E-state index in [1.165, 1.54) is 20.2 Å². The third kappa shape index (κ3) is 2.45. The smallest absolute Gasteiger partial charge is 0.357 e. The van der Waals surface area contributed by atoms with Gasteiger partial charge >= 0.3 is 16.9 Å². The average molecular weight is 331 g/mol. The Morgan fingerprint density at radius 1 is 1.12 bits per heavy atom. The van der Waals surface area contributed by atoms with Crippen molar-refractivity contribution in [3.8, 4) is 11.5 Å². The number of nitrogens with zero attached hydrogens (tertiary/aromatic N) is 3. The molecule has 9 heteroatoms. The first-order valence-electron chi connectivity index (χ1n) is 6.92. The molecular formula is C15H13N3O6. The Balaban J connectivity index is 2.11. The van der Waals surface area contributed by atoms with Crippen LogP contribution >= 0.6 is 0 Å². The van der Waals surface area contributed by atoms with Gasteiger partial charge in [0.1, 0.15) is 5.69 Å². The second-order valence-electron chi connectivity index (χ2n) is 5.14. The van der Waals surface area contributed by atoms with Crippen molar-refractivity contribution in [3.05, 3.63) is 60.4 Å². The van der Waals surface area contributed by atoms with E-state index in [1.807, 2.05) is 0 Å². The molecule has 1 aliphatic heterocycles. The fourth-order valence-corrected chi connectivity index (χ4v) is 2.40. The molecule has 0 aliphatic carbocycles. The van der Waals surface area contributed by atoms with Gasteiger partial charge in [-0.1, -0.05) is 12.1 Å². The highest BCUT2D eigenvalue weighted by Crippen LogP contribution is 2.33. The third-order valence-electron chi connectivity index (χ3n) is 3.70. The quantitative estimate of drug-likeness (QED) is 0.611. The van der Waals surface area contributed by atoms with E-state index in [-0.39, 0.29) is 12.5 Å². The van der Waals surface area contributed by atoms with Crippen LogP contribution in [0, 0.1) is 10.1 Å². The molecule has 1 aromatic heterocycles. The summed E-state index contributed by atoms with van der Waals surface area (Å²) in [6.45, 7) is 0.136. The zero-order valence-electron chi connectivity index (χ0n) is 12.9. The van der Waals surface area contributed by atoms with Gasteiger partial charge in [-0.15, -0.1) is 0 Å². The summed E-state index contributed by atoms with van der Waals surface area (Å²) in [7, 11) is 2.57. The van der Waals surface area contributed by atoms with E-state index in [2.05, 4.69) is 0 Å². The van der Waals surface area contributed by atoms with Crippen LogP contribution in [0.15, 0.2) is 27.8 Å². The molecule has 3 rings (SSSR count). The van der Waals surface area contributed by atoms with Gasteiger partial charge in [0.25, 0.3) is 0 Å². The van der Waals surface area contributed by atoms with Gasteiger partial charge in [0.05, 0.1) is 4.92 Å². The fourth-order valence-electron chi connectivity index (χ4n) is 2.40. The SMILES string of the molecule is Cn1c(/C=C/c2ccc3c(c2)OCO3)c([N+](=O)[O-])c(=O)n(C)c1=O. The molecule has 0 fully saturated rings. The van der Waals surface area contributed by atoms with E-state index in [4.69, 9.17) is 9.47 Å². The Morgan fingerprint density at radius 3 is 2.54 bits per heavy atom. The lowest BCUT2D eigenvalue weighted by Gasteiger charge is -2.07. The van der Waals surface area contributed by atoms with Crippen molar-refractivity contribution < 1.29 is 14.4 Å². The summed E-state index contributed by atoms with van der Waals surface area (Å²) in [4.78, 5) is 34.4. The van der Waals surface area contributed by atoms with E-state index in [1.54, 1.807) is 24.3 Å². The molecule has 0 radical (unpaired) electrons. The normalized spacial score (nSPS) is 12.8. The minimum Gasteiger partial charge on any atom is -0.454 e. The van der Waals surface area contributed by atoms with Gasteiger partial charge in [-0.05, 0) is 23.8 Å². The van der Waals surface area contributed by atoms with Crippen LogP contribution in [0.25, 0.3) is 12.2 Å². The van der Waals surface area contributed by atoms with E-state index in [9.17, 15) is 19.7 Å². The zero-order chi connectivity index (χ0) is 17.4. The van der Waals surface area contributed by atoms with Crippen molar-refractivity contribution in [3.63, 3.8) is 0 Å². The highest BCUT2D eigenvalue weighted by Gasteiger charge is 2.23. The first kappa shape index (κ1) is 15.5. The van der Waals surface area contributed by atoms with Crippen LogP contribution in [0.5, 0.6) is 11.5 Å². The van der Waals surface area contributed by atoms with Crippen molar-refractivity contribution in [1.82, 2.24) is 9.13 Å². The lowest BCUT2D eigenvalue weighted by Crippen LogP contribution is -2.39. The third-order valence-corrected chi connectivity index (χ3v) is 3.70. The molecule has 0 bridgehead atoms. The van der Waals surface area contributed by atoms with Crippen molar-refractivity contribution >= 4 is 17.8 Å². The van der Waals surface area contributed by atoms with Gasteiger partial charge in [0.15, 0.2) is 11.5 Å². The number of nitro groups is 1. The maximum atomic E-state index is 12.0. The molecule has 0 atom stereocenters. The molecule has 2 heterocycles. The van der Waals surface area contributed by atoms with Crippen LogP contribution in [-0.4, -0.2) is 20.9 Å². The summed E-state index contributed by atoms with van der Waals surface area (Å²) < 4.78 is 12.2. The number of hydrogen-bond acceptors (Lipinski definition) is 6. The zero-order valence-corrected chi connectivity index (χ0v) is 12.9. The standard InChI is InChI=1S/C15H13N3O6/c1-16-10(13(18(21)22)14(19)17(2)15(16)20)5-3-9-4-6-11-12(7-9)24-8-23-11/h3-7H,8H2,1-2H3/b5-3+. The number of benzene rings is 1. The predicted octanol–water partition coefficient (Wildman–Crippen LogP) is 0.891. The number of hydrogen-bond donors (Lipinski definition) is 0. The predicted molar refractivity (Wildman–Crippen MR) is 85.1 cm³/mol. The summed E-state index contributed by atoms with van der Waals surface area (Å²) in [6.07, 6.45) is 2.92. The van der Waals surface area contributed by atoms with Crippen LogP contribution < -0.4 is 20.7 Å². The van der Waals surface area contributed by atoms with E-state index < -0.39 is 21.9 Å². The Hall–Kier alpha value is -3.36. The summed E-state index contributed by atoms with van der Waals surface area (Å²) in [5.74, 6) is 1.17. The lowest BCUT2D eigenvalue weighted by molar-refractivity contribution is -0.387.